The van der Waals surface area contributed by atoms with Crippen LogP contribution in [0.5, 0.6) is 5.75 Å². The second-order valence-electron chi connectivity index (χ2n) is 7.43. The lowest BCUT2D eigenvalue weighted by Gasteiger charge is -2.24. The number of esters is 1. The van der Waals surface area contributed by atoms with Gasteiger partial charge in [-0.1, -0.05) is 12.1 Å². The topological polar surface area (TPSA) is 50.8 Å². The molecular weight excluding hydrogens is 323 g/mol. The lowest BCUT2D eigenvalue weighted by atomic mass is 10.1. The van der Waals surface area contributed by atoms with E-state index in [0.717, 1.165) is 18.7 Å². The van der Waals surface area contributed by atoms with Gasteiger partial charge in [-0.15, -0.1) is 0 Å². The number of ether oxygens (including phenoxy) is 2. The molecule has 1 fully saturated rings. The Bertz CT molecular complexity index is 574. The van der Waals surface area contributed by atoms with Crippen LogP contribution in [0.15, 0.2) is 24.3 Å². The summed E-state index contributed by atoms with van der Waals surface area (Å²) in [4.78, 5) is 13.9. The second kappa shape index (κ2) is 8.63. The van der Waals surface area contributed by atoms with Crippen LogP contribution in [0.4, 0.5) is 4.39 Å². The number of rotatable bonds is 7. The fourth-order valence-corrected chi connectivity index (χ4v) is 2.91. The van der Waals surface area contributed by atoms with Gasteiger partial charge in [-0.25, -0.2) is 9.18 Å². The predicted octanol–water partition coefficient (Wildman–Crippen LogP) is 2.71. The summed E-state index contributed by atoms with van der Waals surface area (Å²) in [6.45, 7) is 7.37. The maximum absolute atomic E-state index is 13.4. The molecule has 0 amide bonds. The average molecular weight is 352 g/mol. The number of carbonyl (C=O) groups is 1. The molecule has 0 aliphatic carbocycles. The zero-order valence-electron chi connectivity index (χ0n) is 15.5. The molecule has 1 aliphatic heterocycles. The monoisotopic (exact) mass is 352 g/mol. The third-order valence-electron chi connectivity index (χ3n) is 4.04. The van der Waals surface area contributed by atoms with Crippen molar-refractivity contribution in [3.05, 3.63) is 29.8 Å². The van der Waals surface area contributed by atoms with Crippen LogP contribution in [0.3, 0.4) is 0 Å². The third-order valence-corrected chi connectivity index (χ3v) is 4.04. The van der Waals surface area contributed by atoms with Crippen molar-refractivity contribution in [1.82, 2.24) is 10.2 Å². The number of hydrogen-bond donors (Lipinski definition) is 1. The normalized spacial score (nSPS) is 19.6. The number of hydrogen-bond acceptors (Lipinski definition) is 5. The highest BCUT2D eigenvalue weighted by Crippen LogP contribution is 2.22. The Labute approximate surface area is 149 Å². The minimum Gasteiger partial charge on any atom is -0.482 e. The first-order valence-corrected chi connectivity index (χ1v) is 8.75. The minimum absolute atomic E-state index is 0.0791. The Morgan fingerprint density at radius 1 is 1.44 bits per heavy atom. The van der Waals surface area contributed by atoms with E-state index in [-0.39, 0.29) is 12.6 Å². The number of nitrogens with one attached hydrogen (secondary N) is 1. The minimum atomic E-state index is -0.721. The Morgan fingerprint density at radius 2 is 2.20 bits per heavy atom. The molecule has 0 unspecified atom stereocenters. The summed E-state index contributed by atoms with van der Waals surface area (Å²) in [6.07, 6.45) is -0.115. The van der Waals surface area contributed by atoms with E-state index >= 15 is 0 Å². The fraction of sp³-hybridized carbons (Fsp3) is 0.632. The molecule has 1 heterocycles. The lowest BCUT2D eigenvalue weighted by Crippen LogP contribution is -2.32. The van der Waals surface area contributed by atoms with Crippen molar-refractivity contribution in [2.75, 3.05) is 33.3 Å². The zero-order valence-corrected chi connectivity index (χ0v) is 15.5. The number of likely N-dealkylation sites (N-methyl/N-ethyl adjacent to an activating group) is 1. The van der Waals surface area contributed by atoms with Crippen LogP contribution >= 0.6 is 0 Å². The summed E-state index contributed by atoms with van der Waals surface area (Å²) in [6, 6.07) is 7.70. The lowest BCUT2D eigenvalue weighted by molar-refractivity contribution is -0.157. The van der Waals surface area contributed by atoms with E-state index in [1.54, 1.807) is 0 Å². The van der Waals surface area contributed by atoms with Crippen LogP contribution < -0.4 is 10.1 Å². The number of benzene rings is 1. The van der Waals surface area contributed by atoms with Crippen LogP contribution in [-0.4, -0.2) is 55.9 Å². The van der Waals surface area contributed by atoms with E-state index < -0.39 is 17.7 Å². The highest BCUT2D eigenvalue weighted by atomic mass is 19.1. The molecule has 0 spiro atoms. The number of likely N-dealkylation sites (tertiary alicyclic amines) is 1. The summed E-state index contributed by atoms with van der Waals surface area (Å²) in [5.74, 6) is 0.225. The standard InChI is InChI=1S/C19H29FN2O3/c1-19(2,3)25-18(23)13-24-16-7-5-6-14(10-16)17(21-4)12-22-9-8-15(20)11-22/h5-7,10,15,17,21H,8-9,11-13H2,1-4H3/t15-,17+/m0/s1. The summed E-state index contributed by atoms with van der Waals surface area (Å²) < 4.78 is 24.2. The van der Waals surface area contributed by atoms with Gasteiger partial charge in [-0.2, -0.15) is 0 Å². The number of alkyl halides is 1. The third kappa shape index (κ3) is 6.63. The van der Waals surface area contributed by atoms with Crippen molar-refractivity contribution < 1.29 is 18.7 Å². The Hall–Kier alpha value is -1.66. The van der Waals surface area contributed by atoms with Crippen LogP contribution in [0, 0.1) is 0 Å². The molecule has 5 nitrogen and oxygen atoms in total. The van der Waals surface area contributed by atoms with Gasteiger partial charge >= 0.3 is 5.97 Å². The maximum atomic E-state index is 13.4. The Morgan fingerprint density at radius 3 is 2.80 bits per heavy atom. The van der Waals surface area contributed by atoms with Crippen molar-refractivity contribution in [3.8, 4) is 5.75 Å². The Balaban J connectivity index is 1.93. The van der Waals surface area contributed by atoms with E-state index in [4.69, 9.17) is 9.47 Å². The molecule has 1 saturated heterocycles. The van der Waals surface area contributed by atoms with Crippen molar-refractivity contribution >= 4 is 5.97 Å². The molecule has 1 N–H and O–H groups in total. The van der Waals surface area contributed by atoms with Gasteiger partial charge in [0.1, 0.15) is 17.5 Å². The first kappa shape index (κ1) is 19.7. The molecule has 140 valence electrons. The zero-order chi connectivity index (χ0) is 18.4. The first-order chi connectivity index (χ1) is 11.8. The summed E-state index contributed by atoms with van der Waals surface area (Å²) >= 11 is 0. The van der Waals surface area contributed by atoms with Crippen LogP contribution in [0.25, 0.3) is 0 Å². The number of nitrogens with zero attached hydrogens (tertiary/aromatic N) is 1. The van der Waals surface area contributed by atoms with Gasteiger partial charge < -0.3 is 14.8 Å². The SMILES string of the molecule is CN[C@H](CN1CC[C@H](F)C1)c1cccc(OCC(=O)OC(C)(C)C)c1. The molecule has 1 aromatic carbocycles. The quantitative estimate of drug-likeness (QED) is 0.765. The van der Waals surface area contributed by atoms with Gasteiger partial charge in [0.15, 0.2) is 6.61 Å². The van der Waals surface area contributed by atoms with E-state index in [1.165, 1.54) is 0 Å². The van der Waals surface area contributed by atoms with Gasteiger partial charge in [-0.05, 0) is 51.9 Å². The van der Waals surface area contributed by atoms with E-state index in [1.807, 2.05) is 52.1 Å². The van der Waals surface area contributed by atoms with Crippen molar-refractivity contribution in [2.24, 2.45) is 0 Å². The highest BCUT2D eigenvalue weighted by Gasteiger charge is 2.24. The summed E-state index contributed by atoms with van der Waals surface area (Å²) in [7, 11) is 1.89. The highest BCUT2D eigenvalue weighted by molar-refractivity contribution is 5.71. The summed E-state index contributed by atoms with van der Waals surface area (Å²) in [5.41, 5.74) is 0.523. The molecule has 0 bridgehead atoms. The Kier molecular flexibility index (Phi) is 6.79. The van der Waals surface area contributed by atoms with Crippen LogP contribution in [0.2, 0.25) is 0 Å². The first-order valence-electron chi connectivity index (χ1n) is 8.75. The molecule has 0 radical (unpaired) electrons. The summed E-state index contributed by atoms with van der Waals surface area (Å²) in [5, 5.41) is 3.27. The predicted molar refractivity (Wildman–Crippen MR) is 95.5 cm³/mol. The molecule has 2 atom stereocenters. The van der Waals surface area contributed by atoms with Gasteiger partial charge in [0.2, 0.25) is 0 Å². The van der Waals surface area contributed by atoms with Crippen molar-refractivity contribution in [3.63, 3.8) is 0 Å². The van der Waals surface area contributed by atoms with Gasteiger partial charge in [0, 0.05) is 25.7 Å². The van der Waals surface area contributed by atoms with E-state index in [9.17, 15) is 9.18 Å². The van der Waals surface area contributed by atoms with E-state index in [2.05, 4.69) is 10.2 Å². The second-order valence-corrected chi connectivity index (χ2v) is 7.43. The fourth-order valence-electron chi connectivity index (χ4n) is 2.91. The largest absolute Gasteiger partial charge is 0.482 e. The van der Waals surface area contributed by atoms with Gasteiger partial charge in [0.05, 0.1) is 0 Å². The molecule has 0 aromatic heterocycles. The molecule has 1 aromatic rings. The van der Waals surface area contributed by atoms with Gasteiger partial charge in [-0.3, -0.25) is 4.90 Å². The van der Waals surface area contributed by atoms with Gasteiger partial charge in [0.25, 0.3) is 0 Å². The molecule has 25 heavy (non-hydrogen) atoms. The van der Waals surface area contributed by atoms with Crippen LogP contribution in [0.1, 0.15) is 38.8 Å². The smallest absolute Gasteiger partial charge is 0.344 e. The molecule has 1 aliphatic rings. The molecule has 2 rings (SSSR count). The van der Waals surface area contributed by atoms with E-state index in [0.29, 0.717) is 18.7 Å². The number of halogens is 1. The molecular formula is C19H29FN2O3. The maximum Gasteiger partial charge on any atom is 0.344 e. The average Bonchev–Trinajstić information content (AvgIpc) is 2.94. The number of carbonyl (C=O) groups excluding carboxylic acids is 1. The van der Waals surface area contributed by atoms with Crippen LogP contribution in [-0.2, 0) is 9.53 Å². The molecule has 0 saturated carbocycles. The van der Waals surface area contributed by atoms with Crippen molar-refractivity contribution in [2.45, 2.75) is 45.0 Å². The molecule has 6 heteroatoms. The van der Waals surface area contributed by atoms with Crippen molar-refractivity contribution in [1.29, 1.82) is 0 Å².